The number of amides is 2. The van der Waals surface area contributed by atoms with Crippen LogP contribution < -0.4 is 15.4 Å². The van der Waals surface area contributed by atoms with Crippen molar-refractivity contribution in [3.63, 3.8) is 0 Å². The van der Waals surface area contributed by atoms with Crippen molar-refractivity contribution >= 4 is 22.0 Å². The highest BCUT2D eigenvalue weighted by atomic mass is 79.9. The zero-order valence-corrected chi connectivity index (χ0v) is 10.3. The number of urea groups is 1. The number of fused-ring (bicyclic) bond motifs is 4. The van der Waals surface area contributed by atoms with Crippen molar-refractivity contribution < 1.29 is 9.53 Å². The summed E-state index contributed by atoms with van der Waals surface area (Å²) in [6.45, 7) is 1.89. The van der Waals surface area contributed by atoms with Crippen LogP contribution in [-0.2, 0) is 0 Å². The van der Waals surface area contributed by atoms with E-state index in [2.05, 4.69) is 26.6 Å². The monoisotopic (exact) mass is 282 g/mol. The molecule has 2 bridgehead atoms. The first-order valence-electron chi connectivity index (χ1n) is 5.13. The average Bonchev–Trinajstić information content (AvgIpc) is 2.17. The normalized spacial score (nSPS) is 30.9. The molecule has 5 heteroatoms. The molecule has 2 heterocycles. The van der Waals surface area contributed by atoms with Crippen LogP contribution >= 0.6 is 15.9 Å². The minimum Gasteiger partial charge on any atom is -0.468 e. The summed E-state index contributed by atoms with van der Waals surface area (Å²) in [5, 5.41) is 5.70. The zero-order chi connectivity index (χ0) is 11.3. The van der Waals surface area contributed by atoms with Crippen molar-refractivity contribution in [1.82, 2.24) is 10.6 Å². The summed E-state index contributed by atoms with van der Waals surface area (Å²) in [5.41, 5.74) is 0.440. The van der Waals surface area contributed by atoms with Crippen LogP contribution in [0, 0.1) is 0 Å². The molecular weight excluding hydrogens is 272 g/mol. The Kier molecular flexibility index (Phi) is 1.95. The lowest BCUT2D eigenvalue weighted by atomic mass is 9.92. The second-order valence-corrected chi connectivity index (χ2v) is 5.29. The van der Waals surface area contributed by atoms with Gasteiger partial charge in [-0.1, -0.05) is 15.9 Å². The number of hydrogen-bond acceptors (Lipinski definition) is 2. The van der Waals surface area contributed by atoms with Gasteiger partial charge in [0.2, 0.25) is 0 Å². The Morgan fingerprint density at radius 2 is 2.38 bits per heavy atom. The summed E-state index contributed by atoms with van der Waals surface area (Å²) in [6.07, 6.45) is 0.738. The average molecular weight is 283 g/mol. The lowest BCUT2D eigenvalue weighted by Crippen LogP contribution is -2.62. The summed E-state index contributed by atoms with van der Waals surface area (Å²) in [5.74, 6) is 0.828. The van der Waals surface area contributed by atoms with Gasteiger partial charge in [-0.2, -0.15) is 0 Å². The first-order chi connectivity index (χ1) is 7.56. The van der Waals surface area contributed by atoms with E-state index in [1.807, 2.05) is 25.1 Å². The van der Waals surface area contributed by atoms with Gasteiger partial charge < -0.3 is 15.4 Å². The maximum absolute atomic E-state index is 11.5. The van der Waals surface area contributed by atoms with E-state index in [0.717, 1.165) is 22.2 Å². The Labute approximate surface area is 101 Å². The maximum atomic E-state index is 11.5. The molecule has 0 spiro atoms. The van der Waals surface area contributed by atoms with Gasteiger partial charge in [-0.15, -0.1) is 0 Å². The van der Waals surface area contributed by atoms with E-state index < -0.39 is 5.72 Å². The number of carbonyl (C=O) groups excluding carboxylic acids is 1. The van der Waals surface area contributed by atoms with E-state index >= 15 is 0 Å². The van der Waals surface area contributed by atoms with E-state index in [0.29, 0.717) is 0 Å². The summed E-state index contributed by atoms with van der Waals surface area (Å²) in [6, 6.07) is 5.70. The van der Waals surface area contributed by atoms with Gasteiger partial charge in [-0.05, 0) is 25.1 Å². The highest BCUT2D eigenvalue weighted by molar-refractivity contribution is 9.10. The largest absolute Gasteiger partial charge is 0.468 e. The molecule has 2 N–H and O–H groups in total. The maximum Gasteiger partial charge on any atom is 0.318 e. The van der Waals surface area contributed by atoms with E-state index in [-0.39, 0.29) is 12.1 Å². The number of hydrogen-bond donors (Lipinski definition) is 2. The lowest BCUT2D eigenvalue weighted by Gasteiger charge is -2.44. The van der Waals surface area contributed by atoms with Crippen LogP contribution in [0.25, 0.3) is 0 Å². The van der Waals surface area contributed by atoms with Crippen LogP contribution in [0.15, 0.2) is 22.7 Å². The van der Waals surface area contributed by atoms with Gasteiger partial charge in [0.25, 0.3) is 0 Å². The predicted octanol–water partition coefficient (Wildman–Crippen LogP) is 2.30. The summed E-state index contributed by atoms with van der Waals surface area (Å²) in [4.78, 5) is 11.5. The fourth-order valence-electron chi connectivity index (χ4n) is 2.31. The molecule has 2 amide bonds. The minimum atomic E-state index is -0.589. The number of rotatable bonds is 0. The van der Waals surface area contributed by atoms with Gasteiger partial charge in [0.05, 0.1) is 6.04 Å². The Balaban J connectivity index is 2.10. The van der Waals surface area contributed by atoms with Crippen molar-refractivity contribution in [3.05, 3.63) is 28.2 Å². The first kappa shape index (κ1) is 9.96. The molecule has 0 aromatic heterocycles. The van der Waals surface area contributed by atoms with Crippen molar-refractivity contribution in [2.75, 3.05) is 0 Å². The Hall–Kier alpha value is -1.23. The van der Waals surface area contributed by atoms with E-state index in [1.165, 1.54) is 0 Å². The van der Waals surface area contributed by atoms with Crippen molar-refractivity contribution in [2.45, 2.75) is 25.1 Å². The molecule has 84 valence electrons. The van der Waals surface area contributed by atoms with Crippen LogP contribution in [0.3, 0.4) is 0 Å². The standard InChI is InChI=1S/C11H11BrN2O2/c1-11-5-8(13-10(15)14-11)7-4-6(12)2-3-9(7)16-11/h2-4,8H,5H2,1H3,(H2,13,14,15)/t8-,11-/m0/s1. The van der Waals surface area contributed by atoms with Gasteiger partial charge in [-0.3, -0.25) is 0 Å². The number of halogens is 1. The second-order valence-electron chi connectivity index (χ2n) is 4.37. The van der Waals surface area contributed by atoms with Crippen molar-refractivity contribution in [2.24, 2.45) is 0 Å². The molecule has 3 rings (SSSR count). The number of ether oxygens (including phenoxy) is 1. The predicted molar refractivity (Wildman–Crippen MR) is 62.2 cm³/mol. The van der Waals surface area contributed by atoms with Crippen LogP contribution in [0.2, 0.25) is 0 Å². The number of nitrogens with one attached hydrogen (secondary N) is 2. The first-order valence-corrected chi connectivity index (χ1v) is 5.92. The molecule has 0 unspecified atom stereocenters. The van der Waals surface area contributed by atoms with Crippen molar-refractivity contribution in [1.29, 1.82) is 0 Å². The molecule has 2 aliphatic rings. The van der Waals surface area contributed by atoms with E-state index in [1.54, 1.807) is 0 Å². The van der Waals surface area contributed by atoms with Crippen LogP contribution in [0.1, 0.15) is 24.9 Å². The Bertz CT molecular complexity index is 477. The lowest BCUT2D eigenvalue weighted by molar-refractivity contribution is 0.0119. The third kappa shape index (κ3) is 1.46. The second kappa shape index (κ2) is 3.13. The Morgan fingerprint density at radius 3 is 3.19 bits per heavy atom. The van der Waals surface area contributed by atoms with Gasteiger partial charge >= 0.3 is 6.03 Å². The third-order valence-electron chi connectivity index (χ3n) is 2.96. The van der Waals surface area contributed by atoms with E-state index in [4.69, 9.17) is 4.74 Å². The van der Waals surface area contributed by atoms with E-state index in [9.17, 15) is 4.79 Å². The third-order valence-corrected chi connectivity index (χ3v) is 3.45. The molecule has 1 aromatic carbocycles. The molecule has 2 atom stereocenters. The van der Waals surface area contributed by atoms with Crippen molar-refractivity contribution in [3.8, 4) is 5.75 Å². The van der Waals surface area contributed by atoms with Gasteiger partial charge in [0.1, 0.15) is 5.75 Å². The molecule has 2 aliphatic heterocycles. The molecule has 4 nitrogen and oxygen atoms in total. The zero-order valence-electron chi connectivity index (χ0n) is 8.71. The fourth-order valence-corrected chi connectivity index (χ4v) is 2.69. The molecule has 0 saturated carbocycles. The molecule has 16 heavy (non-hydrogen) atoms. The summed E-state index contributed by atoms with van der Waals surface area (Å²) in [7, 11) is 0. The van der Waals surface area contributed by atoms with Gasteiger partial charge in [0.15, 0.2) is 5.72 Å². The highest BCUT2D eigenvalue weighted by Crippen LogP contribution is 2.41. The smallest absolute Gasteiger partial charge is 0.318 e. The van der Waals surface area contributed by atoms with Gasteiger partial charge in [-0.25, -0.2) is 4.79 Å². The molecule has 1 aromatic rings. The SMILES string of the molecule is C[C@]12C[C@H](NC(=O)N1)c1cc(Br)ccc1O2. The summed E-state index contributed by atoms with van der Waals surface area (Å²) >= 11 is 3.42. The molecule has 1 saturated heterocycles. The number of benzene rings is 1. The Morgan fingerprint density at radius 1 is 1.56 bits per heavy atom. The molecule has 0 radical (unpaired) electrons. The fraction of sp³-hybridized carbons (Fsp3) is 0.364. The van der Waals surface area contributed by atoms with Crippen LogP contribution in [0.4, 0.5) is 4.79 Å². The molecular formula is C11H11BrN2O2. The quantitative estimate of drug-likeness (QED) is 0.767. The topological polar surface area (TPSA) is 50.4 Å². The minimum absolute atomic E-state index is 0.0278. The summed E-state index contributed by atoms with van der Waals surface area (Å²) < 4.78 is 6.81. The van der Waals surface area contributed by atoms with Crippen LogP contribution in [0.5, 0.6) is 5.75 Å². The molecule has 1 fully saturated rings. The number of carbonyl (C=O) groups is 1. The molecule has 0 aliphatic carbocycles. The van der Waals surface area contributed by atoms with Gasteiger partial charge in [0, 0.05) is 16.5 Å². The van der Waals surface area contributed by atoms with Crippen LogP contribution in [-0.4, -0.2) is 11.8 Å². The highest BCUT2D eigenvalue weighted by Gasteiger charge is 2.43.